The number of hydrogen-bond donors (Lipinski definition) is 0. The molecule has 156 valence electrons. The molecule has 5 nitrogen and oxygen atoms in total. The van der Waals surface area contributed by atoms with Gasteiger partial charge in [0.15, 0.2) is 12.5 Å². The van der Waals surface area contributed by atoms with Gasteiger partial charge in [-0.3, -0.25) is 4.79 Å². The van der Waals surface area contributed by atoms with Crippen molar-refractivity contribution in [3.8, 4) is 5.75 Å². The smallest absolute Gasteiger partial charge is 0.260 e. The van der Waals surface area contributed by atoms with E-state index in [2.05, 4.69) is 4.98 Å². The first-order chi connectivity index (χ1) is 14.6. The number of likely N-dealkylation sites (tertiary alicyclic amines) is 1. The Kier molecular flexibility index (Phi) is 6.33. The minimum absolute atomic E-state index is 0.0625. The van der Waals surface area contributed by atoms with E-state index in [0.717, 1.165) is 24.2 Å². The van der Waals surface area contributed by atoms with E-state index in [1.54, 1.807) is 11.1 Å². The van der Waals surface area contributed by atoms with Gasteiger partial charge in [-0.1, -0.05) is 23.7 Å². The monoisotopic (exact) mass is 428 g/mol. The van der Waals surface area contributed by atoms with E-state index >= 15 is 0 Å². The van der Waals surface area contributed by atoms with Crippen LogP contribution in [-0.2, 0) is 11.2 Å². The summed E-state index contributed by atoms with van der Waals surface area (Å²) >= 11 is 5.93. The molecule has 4 rings (SSSR count). The van der Waals surface area contributed by atoms with Gasteiger partial charge in [-0.2, -0.15) is 0 Å². The Bertz CT molecular complexity index is 988. The van der Waals surface area contributed by atoms with Gasteiger partial charge in [0.25, 0.3) is 5.91 Å². The van der Waals surface area contributed by atoms with Crippen LogP contribution >= 0.6 is 11.6 Å². The Hall–Kier alpha value is -2.86. The molecule has 2 aromatic carbocycles. The molecule has 30 heavy (non-hydrogen) atoms. The van der Waals surface area contributed by atoms with Crippen molar-refractivity contribution in [2.45, 2.75) is 25.2 Å². The number of amides is 1. The molecule has 0 bridgehead atoms. The molecule has 1 aliphatic rings. The third-order valence-corrected chi connectivity index (χ3v) is 5.41. The summed E-state index contributed by atoms with van der Waals surface area (Å²) in [5.41, 5.74) is 1.10. The van der Waals surface area contributed by atoms with E-state index in [0.29, 0.717) is 36.2 Å². The standard InChI is InChI=1S/C23H22ClFN2O3/c24-18-5-3-16(4-6-18)12-21-13-26-23(30-21)17-2-1-11-27(14-17)22(28)15-29-20-9-7-19(25)8-10-20/h3-10,13,17H,1-2,11-12,14-15H2/t17-/m1/s1. The minimum atomic E-state index is -0.339. The molecule has 7 heteroatoms. The van der Waals surface area contributed by atoms with Crippen LogP contribution in [-0.4, -0.2) is 35.5 Å². The van der Waals surface area contributed by atoms with Crippen LogP contribution in [0.15, 0.2) is 59.1 Å². The molecule has 0 aliphatic carbocycles. The van der Waals surface area contributed by atoms with Crippen molar-refractivity contribution in [2.75, 3.05) is 19.7 Å². The van der Waals surface area contributed by atoms with E-state index < -0.39 is 0 Å². The van der Waals surface area contributed by atoms with E-state index in [1.807, 2.05) is 24.3 Å². The largest absolute Gasteiger partial charge is 0.484 e. The maximum atomic E-state index is 13.0. The maximum Gasteiger partial charge on any atom is 0.260 e. The zero-order valence-electron chi connectivity index (χ0n) is 16.4. The van der Waals surface area contributed by atoms with Crippen molar-refractivity contribution in [2.24, 2.45) is 0 Å². The highest BCUT2D eigenvalue weighted by atomic mass is 35.5. The van der Waals surface area contributed by atoms with Crippen molar-refractivity contribution in [1.29, 1.82) is 0 Å². The fourth-order valence-corrected chi connectivity index (χ4v) is 3.69. The maximum absolute atomic E-state index is 13.0. The lowest BCUT2D eigenvalue weighted by molar-refractivity contribution is -0.134. The number of carbonyl (C=O) groups is 1. The molecular weight excluding hydrogens is 407 g/mol. The van der Waals surface area contributed by atoms with E-state index in [9.17, 15) is 9.18 Å². The number of hydrogen-bond acceptors (Lipinski definition) is 4. The second kappa shape index (κ2) is 9.30. The number of piperidine rings is 1. The van der Waals surface area contributed by atoms with Crippen LogP contribution in [0.2, 0.25) is 5.02 Å². The Morgan fingerprint density at radius 3 is 2.73 bits per heavy atom. The summed E-state index contributed by atoms with van der Waals surface area (Å²) in [6.45, 7) is 1.15. The van der Waals surface area contributed by atoms with E-state index in [4.69, 9.17) is 20.8 Å². The van der Waals surface area contributed by atoms with Gasteiger partial charge in [0, 0.05) is 24.5 Å². The molecule has 0 saturated carbocycles. The van der Waals surface area contributed by atoms with Crippen LogP contribution in [0, 0.1) is 5.82 Å². The summed E-state index contributed by atoms with van der Waals surface area (Å²) in [4.78, 5) is 18.8. The molecule has 2 heterocycles. The second-order valence-corrected chi connectivity index (χ2v) is 7.83. The van der Waals surface area contributed by atoms with Gasteiger partial charge in [-0.15, -0.1) is 0 Å². The normalized spacial score (nSPS) is 16.5. The number of oxazole rings is 1. The van der Waals surface area contributed by atoms with Crippen molar-refractivity contribution < 1.29 is 18.3 Å². The van der Waals surface area contributed by atoms with E-state index in [-0.39, 0.29) is 24.2 Å². The predicted octanol–water partition coefficient (Wildman–Crippen LogP) is 4.84. The van der Waals surface area contributed by atoms with Gasteiger partial charge in [0.05, 0.1) is 12.1 Å². The van der Waals surface area contributed by atoms with Gasteiger partial charge in [0.2, 0.25) is 0 Å². The number of halogens is 2. The summed E-state index contributed by atoms with van der Waals surface area (Å²) in [5.74, 6) is 1.54. The average Bonchev–Trinajstić information content (AvgIpc) is 3.23. The predicted molar refractivity (Wildman–Crippen MR) is 111 cm³/mol. The lowest BCUT2D eigenvalue weighted by Crippen LogP contribution is -2.41. The van der Waals surface area contributed by atoms with Crippen LogP contribution < -0.4 is 4.74 Å². The molecule has 3 aromatic rings. The number of benzene rings is 2. The summed E-state index contributed by atoms with van der Waals surface area (Å²) in [6.07, 6.45) is 4.19. The SMILES string of the molecule is O=C(COc1ccc(F)cc1)N1CCC[C@@H](c2ncc(Cc3ccc(Cl)cc3)o2)C1. The molecule has 0 radical (unpaired) electrons. The Morgan fingerprint density at radius 2 is 1.97 bits per heavy atom. The van der Waals surface area contributed by atoms with Crippen LogP contribution in [0.25, 0.3) is 0 Å². The fraction of sp³-hybridized carbons (Fsp3) is 0.304. The van der Waals surface area contributed by atoms with Crippen molar-refractivity contribution >= 4 is 17.5 Å². The molecule has 1 atom stereocenters. The Morgan fingerprint density at radius 1 is 1.20 bits per heavy atom. The molecule has 1 amide bonds. The van der Waals surface area contributed by atoms with Crippen LogP contribution in [0.4, 0.5) is 4.39 Å². The van der Waals surface area contributed by atoms with Crippen LogP contribution in [0.5, 0.6) is 5.75 Å². The number of carbonyl (C=O) groups excluding carboxylic acids is 1. The summed E-state index contributed by atoms with van der Waals surface area (Å²) in [7, 11) is 0. The molecule has 1 fully saturated rings. The molecular formula is C23H22ClFN2O3. The molecule has 0 N–H and O–H groups in total. The number of nitrogens with zero attached hydrogens (tertiary/aromatic N) is 2. The van der Waals surface area contributed by atoms with Gasteiger partial charge in [0.1, 0.15) is 17.3 Å². The summed E-state index contributed by atoms with van der Waals surface area (Å²) in [5, 5.41) is 0.701. The first kappa shape index (κ1) is 20.4. The second-order valence-electron chi connectivity index (χ2n) is 7.39. The highest BCUT2D eigenvalue weighted by Crippen LogP contribution is 2.27. The zero-order chi connectivity index (χ0) is 20.9. The van der Waals surface area contributed by atoms with Crippen LogP contribution in [0.1, 0.15) is 36.0 Å². The zero-order valence-corrected chi connectivity index (χ0v) is 17.1. The van der Waals surface area contributed by atoms with Crippen molar-refractivity contribution in [1.82, 2.24) is 9.88 Å². The Labute approximate surface area is 179 Å². The van der Waals surface area contributed by atoms with Crippen LogP contribution in [0.3, 0.4) is 0 Å². The van der Waals surface area contributed by atoms with Gasteiger partial charge in [-0.05, 0) is 54.8 Å². The van der Waals surface area contributed by atoms with Gasteiger partial charge in [-0.25, -0.2) is 9.37 Å². The topological polar surface area (TPSA) is 55.6 Å². The fourth-order valence-electron chi connectivity index (χ4n) is 3.57. The highest BCUT2D eigenvalue weighted by Gasteiger charge is 2.28. The number of ether oxygens (including phenoxy) is 1. The molecule has 1 saturated heterocycles. The summed E-state index contributed by atoms with van der Waals surface area (Å²) < 4.78 is 24.4. The highest BCUT2D eigenvalue weighted by molar-refractivity contribution is 6.30. The first-order valence-electron chi connectivity index (χ1n) is 9.92. The van der Waals surface area contributed by atoms with Gasteiger partial charge >= 0.3 is 0 Å². The molecule has 1 aromatic heterocycles. The quantitative estimate of drug-likeness (QED) is 0.563. The Balaban J connectivity index is 1.33. The molecule has 0 unspecified atom stereocenters. The number of rotatable bonds is 6. The van der Waals surface area contributed by atoms with Gasteiger partial charge < -0.3 is 14.1 Å². The van der Waals surface area contributed by atoms with E-state index in [1.165, 1.54) is 24.3 Å². The minimum Gasteiger partial charge on any atom is -0.484 e. The van der Waals surface area contributed by atoms with Crippen molar-refractivity contribution in [3.05, 3.63) is 82.8 Å². The molecule has 0 spiro atoms. The lowest BCUT2D eigenvalue weighted by Gasteiger charge is -2.31. The summed E-state index contributed by atoms with van der Waals surface area (Å²) in [6, 6.07) is 13.3. The first-order valence-corrected chi connectivity index (χ1v) is 10.3. The number of aromatic nitrogens is 1. The lowest BCUT2D eigenvalue weighted by atomic mass is 9.98. The average molecular weight is 429 g/mol. The third kappa shape index (κ3) is 5.19. The molecule has 1 aliphatic heterocycles. The third-order valence-electron chi connectivity index (χ3n) is 5.16. The van der Waals surface area contributed by atoms with Crippen molar-refractivity contribution in [3.63, 3.8) is 0 Å².